The number of hydrogen-bond donors (Lipinski definition) is 1. The van der Waals surface area contributed by atoms with Gasteiger partial charge in [-0.3, -0.25) is 0 Å². The maximum atomic E-state index is 9.41. The van der Waals surface area contributed by atoms with Crippen molar-refractivity contribution in [3.63, 3.8) is 0 Å². The molecule has 0 saturated carbocycles. The predicted molar refractivity (Wildman–Crippen MR) is 65.1 cm³/mol. The molecule has 0 amide bonds. The average Bonchev–Trinajstić information content (AvgIpc) is 2.23. The number of benzene rings is 1. The molecule has 1 rings (SSSR count). The summed E-state index contributed by atoms with van der Waals surface area (Å²) in [6.45, 7) is 8.81. The molecule has 0 aliphatic carbocycles. The average molecular weight is 206 g/mol. The minimum atomic E-state index is 0.0263. The number of rotatable bonds is 4. The number of hydrogen-bond acceptors (Lipinski definition) is 1. The quantitative estimate of drug-likeness (QED) is 0.801. The van der Waals surface area contributed by atoms with Crippen LogP contribution >= 0.6 is 0 Å². The zero-order valence-electron chi connectivity index (χ0n) is 10.3. The lowest BCUT2D eigenvalue weighted by Gasteiger charge is -2.26. The van der Waals surface area contributed by atoms with Gasteiger partial charge in [-0.1, -0.05) is 37.6 Å². The van der Waals surface area contributed by atoms with E-state index in [-0.39, 0.29) is 12.0 Å². The summed E-state index contributed by atoms with van der Waals surface area (Å²) in [5, 5.41) is 9.41. The van der Waals surface area contributed by atoms with Gasteiger partial charge in [0.15, 0.2) is 0 Å². The van der Waals surface area contributed by atoms with Crippen LogP contribution in [0.4, 0.5) is 0 Å². The Hall–Kier alpha value is -0.820. The van der Waals surface area contributed by atoms with Crippen molar-refractivity contribution in [2.24, 2.45) is 5.41 Å². The van der Waals surface area contributed by atoms with Gasteiger partial charge in [0.25, 0.3) is 0 Å². The lowest BCUT2D eigenvalue weighted by Crippen LogP contribution is -2.23. The summed E-state index contributed by atoms with van der Waals surface area (Å²) in [7, 11) is 0. The fourth-order valence-corrected chi connectivity index (χ4v) is 1.74. The molecule has 0 saturated heterocycles. The third-order valence-corrected chi connectivity index (χ3v) is 3.36. The summed E-state index contributed by atoms with van der Waals surface area (Å²) in [5.74, 6) is 0. The van der Waals surface area contributed by atoms with Crippen molar-refractivity contribution in [3.8, 4) is 0 Å². The first-order chi connectivity index (χ1) is 7.00. The molecule has 0 fully saturated rings. The van der Waals surface area contributed by atoms with E-state index in [0.29, 0.717) is 0 Å². The van der Waals surface area contributed by atoms with Crippen molar-refractivity contribution in [3.05, 3.63) is 34.9 Å². The minimum absolute atomic E-state index is 0.0263. The molecule has 1 heteroatoms. The number of aliphatic hydroxyl groups excluding tert-OH is 1. The Morgan fingerprint density at radius 1 is 1.27 bits per heavy atom. The van der Waals surface area contributed by atoms with Gasteiger partial charge in [-0.2, -0.15) is 0 Å². The van der Waals surface area contributed by atoms with E-state index in [9.17, 15) is 5.11 Å². The van der Waals surface area contributed by atoms with Crippen LogP contribution in [0.25, 0.3) is 0 Å². The Morgan fingerprint density at radius 3 is 2.47 bits per heavy atom. The van der Waals surface area contributed by atoms with E-state index in [1.165, 1.54) is 16.7 Å². The second kappa shape index (κ2) is 4.80. The maximum Gasteiger partial charge on any atom is 0.0487 e. The molecular formula is C14H22O. The topological polar surface area (TPSA) is 20.2 Å². The molecule has 84 valence electrons. The third kappa shape index (κ3) is 3.07. The Bertz CT molecular complexity index is 324. The molecule has 1 unspecified atom stereocenters. The van der Waals surface area contributed by atoms with E-state index in [2.05, 4.69) is 45.9 Å². The van der Waals surface area contributed by atoms with E-state index in [1.54, 1.807) is 0 Å². The Kier molecular flexibility index (Phi) is 3.92. The van der Waals surface area contributed by atoms with Crippen LogP contribution in [0.3, 0.4) is 0 Å². The smallest absolute Gasteiger partial charge is 0.0487 e. The van der Waals surface area contributed by atoms with Gasteiger partial charge in [-0.25, -0.2) is 0 Å². The first-order valence-corrected chi connectivity index (χ1v) is 5.68. The summed E-state index contributed by atoms with van der Waals surface area (Å²) >= 11 is 0. The van der Waals surface area contributed by atoms with E-state index in [0.717, 1.165) is 12.8 Å². The Balaban J connectivity index is 2.92. The minimum Gasteiger partial charge on any atom is -0.396 e. The number of aliphatic hydroxyl groups is 1. The fourth-order valence-electron chi connectivity index (χ4n) is 1.74. The van der Waals surface area contributed by atoms with Gasteiger partial charge >= 0.3 is 0 Å². The van der Waals surface area contributed by atoms with Gasteiger partial charge in [-0.15, -0.1) is 0 Å². The molecule has 0 radical (unpaired) electrons. The monoisotopic (exact) mass is 206 g/mol. The lowest BCUT2D eigenvalue weighted by atomic mass is 9.81. The zero-order valence-corrected chi connectivity index (χ0v) is 10.3. The highest BCUT2D eigenvalue weighted by Gasteiger charge is 2.22. The zero-order chi connectivity index (χ0) is 11.5. The van der Waals surface area contributed by atoms with E-state index in [1.807, 2.05) is 0 Å². The van der Waals surface area contributed by atoms with Crippen molar-refractivity contribution in [2.45, 2.75) is 40.5 Å². The third-order valence-electron chi connectivity index (χ3n) is 3.36. The highest BCUT2D eigenvalue weighted by Crippen LogP contribution is 2.27. The SMILES string of the molecule is CCC(C)(CO)Cc1cc(C)ccc1C. The van der Waals surface area contributed by atoms with Gasteiger partial charge in [0.1, 0.15) is 0 Å². The van der Waals surface area contributed by atoms with Crippen LogP contribution in [0.15, 0.2) is 18.2 Å². The van der Waals surface area contributed by atoms with E-state index >= 15 is 0 Å². The largest absolute Gasteiger partial charge is 0.396 e. The summed E-state index contributed by atoms with van der Waals surface area (Å²) in [6.07, 6.45) is 1.98. The van der Waals surface area contributed by atoms with Crippen LogP contribution in [0.1, 0.15) is 37.0 Å². The second-order valence-corrected chi connectivity index (χ2v) is 4.93. The van der Waals surface area contributed by atoms with Gasteiger partial charge < -0.3 is 5.11 Å². The van der Waals surface area contributed by atoms with Gasteiger partial charge in [0.2, 0.25) is 0 Å². The lowest BCUT2D eigenvalue weighted by molar-refractivity contribution is 0.137. The van der Waals surface area contributed by atoms with E-state index < -0.39 is 0 Å². The molecule has 0 spiro atoms. The fraction of sp³-hybridized carbons (Fsp3) is 0.571. The molecular weight excluding hydrogens is 184 g/mol. The molecule has 1 aromatic rings. The normalized spacial score (nSPS) is 15.0. The summed E-state index contributed by atoms with van der Waals surface area (Å²) in [4.78, 5) is 0. The number of aryl methyl sites for hydroxylation is 2. The highest BCUT2D eigenvalue weighted by atomic mass is 16.3. The molecule has 1 nitrogen and oxygen atoms in total. The van der Waals surface area contributed by atoms with Crippen LogP contribution < -0.4 is 0 Å². The van der Waals surface area contributed by atoms with Crippen LogP contribution in [-0.2, 0) is 6.42 Å². The molecule has 1 aromatic carbocycles. The second-order valence-electron chi connectivity index (χ2n) is 4.93. The van der Waals surface area contributed by atoms with Crippen LogP contribution in [0.5, 0.6) is 0 Å². The maximum absolute atomic E-state index is 9.41. The Morgan fingerprint density at radius 2 is 1.93 bits per heavy atom. The van der Waals surface area contributed by atoms with Crippen LogP contribution in [0.2, 0.25) is 0 Å². The molecule has 1 N–H and O–H groups in total. The highest BCUT2D eigenvalue weighted by molar-refractivity contribution is 5.31. The first kappa shape index (κ1) is 12.3. The van der Waals surface area contributed by atoms with Crippen molar-refractivity contribution in [1.82, 2.24) is 0 Å². The van der Waals surface area contributed by atoms with Crippen molar-refractivity contribution in [1.29, 1.82) is 0 Å². The van der Waals surface area contributed by atoms with Gasteiger partial charge in [0, 0.05) is 6.61 Å². The van der Waals surface area contributed by atoms with Crippen molar-refractivity contribution < 1.29 is 5.11 Å². The summed E-state index contributed by atoms with van der Waals surface area (Å²) in [5.41, 5.74) is 4.02. The Labute approximate surface area is 93.1 Å². The van der Waals surface area contributed by atoms with Crippen molar-refractivity contribution in [2.75, 3.05) is 6.61 Å². The first-order valence-electron chi connectivity index (χ1n) is 5.68. The summed E-state index contributed by atoms with van der Waals surface area (Å²) < 4.78 is 0. The molecule has 0 aromatic heterocycles. The molecule has 0 heterocycles. The van der Waals surface area contributed by atoms with Crippen LogP contribution in [0, 0.1) is 19.3 Å². The molecule has 0 aliphatic rings. The van der Waals surface area contributed by atoms with E-state index in [4.69, 9.17) is 0 Å². The van der Waals surface area contributed by atoms with Gasteiger partial charge in [0.05, 0.1) is 0 Å². The van der Waals surface area contributed by atoms with Crippen molar-refractivity contribution >= 4 is 0 Å². The molecule has 15 heavy (non-hydrogen) atoms. The molecule has 1 atom stereocenters. The van der Waals surface area contributed by atoms with Gasteiger partial charge in [-0.05, 0) is 43.2 Å². The summed E-state index contributed by atoms with van der Waals surface area (Å²) in [6, 6.07) is 6.54. The molecule has 0 aliphatic heterocycles. The standard InChI is InChI=1S/C14H22O/c1-5-14(4,10-15)9-13-8-11(2)6-7-12(13)3/h6-8,15H,5,9-10H2,1-4H3. The predicted octanol–water partition coefficient (Wildman–Crippen LogP) is 3.25. The van der Waals surface area contributed by atoms with Crippen LogP contribution in [-0.4, -0.2) is 11.7 Å². The molecule has 0 bridgehead atoms.